The Morgan fingerprint density at radius 3 is 1.55 bits per heavy atom. The van der Waals surface area contributed by atoms with Crippen molar-refractivity contribution in [3.8, 4) is 0 Å². The third-order valence-corrected chi connectivity index (χ3v) is 9.28. The molecule has 68 valence electrons. The first kappa shape index (κ1) is 11.5. The molecule has 0 atom stereocenters. The van der Waals surface area contributed by atoms with Crippen molar-refractivity contribution in [2.24, 2.45) is 11.5 Å². The van der Waals surface area contributed by atoms with Gasteiger partial charge in [0.1, 0.15) is 0 Å². The maximum absolute atomic E-state index is 5.47. The summed E-state index contributed by atoms with van der Waals surface area (Å²) >= 11 is -1.38. The molecule has 0 spiro atoms. The van der Waals surface area contributed by atoms with Crippen LogP contribution in [-0.4, -0.2) is 26.4 Å². The van der Waals surface area contributed by atoms with E-state index in [2.05, 4.69) is 11.5 Å². The molecule has 0 bridgehead atoms. The van der Waals surface area contributed by atoms with E-state index in [1.165, 1.54) is 23.3 Å². The van der Waals surface area contributed by atoms with Gasteiger partial charge in [0.25, 0.3) is 0 Å². The molecule has 0 aliphatic carbocycles. The van der Waals surface area contributed by atoms with E-state index in [1.807, 2.05) is 0 Å². The van der Waals surface area contributed by atoms with Crippen LogP contribution in [0.15, 0.2) is 0 Å². The van der Waals surface area contributed by atoms with Crippen molar-refractivity contribution in [3.63, 3.8) is 0 Å². The third-order valence-electron chi connectivity index (χ3n) is 2.12. The fourth-order valence-electron chi connectivity index (χ4n) is 1.29. The molecule has 0 saturated heterocycles. The monoisotopic (exact) mass is 220 g/mol. The zero-order valence-corrected chi connectivity index (χ0v) is 10.00. The summed E-state index contributed by atoms with van der Waals surface area (Å²) in [4.78, 5) is 0. The molecule has 0 aliphatic heterocycles. The van der Waals surface area contributed by atoms with Crippen LogP contribution >= 0.6 is 0 Å². The Hall–Kier alpha value is 0.463. The predicted molar refractivity (Wildman–Crippen MR) is 54.4 cm³/mol. The van der Waals surface area contributed by atoms with Crippen molar-refractivity contribution >= 4 is 13.3 Å². The fourth-order valence-corrected chi connectivity index (χ4v) is 6.68. The standard InChI is InChI=1S/C8H22GeN2/c1-9(2,5-3-7-10)6-4-8-11/h3-8,10-11H2,1-2H3. The van der Waals surface area contributed by atoms with Gasteiger partial charge in [0.2, 0.25) is 0 Å². The van der Waals surface area contributed by atoms with Gasteiger partial charge in [0.05, 0.1) is 0 Å². The third kappa shape index (κ3) is 6.85. The molecule has 4 N–H and O–H groups in total. The molecule has 0 heterocycles. The van der Waals surface area contributed by atoms with Gasteiger partial charge >= 0.3 is 72.7 Å². The Kier molecular flexibility index (Phi) is 6.29. The van der Waals surface area contributed by atoms with Gasteiger partial charge in [-0.15, -0.1) is 0 Å². The van der Waals surface area contributed by atoms with Gasteiger partial charge in [-0.25, -0.2) is 0 Å². The Balaban J connectivity index is 3.43. The first-order valence-electron chi connectivity index (χ1n) is 4.52. The van der Waals surface area contributed by atoms with Crippen LogP contribution in [0, 0.1) is 0 Å². The predicted octanol–water partition coefficient (Wildman–Crippen LogP) is 1.39. The Labute approximate surface area is 73.1 Å². The van der Waals surface area contributed by atoms with Crippen LogP contribution in [0.3, 0.4) is 0 Å². The molecule has 0 aromatic carbocycles. The second kappa shape index (κ2) is 6.03. The second-order valence-corrected chi connectivity index (χ2v) is 15.1. The quantitative estimate of drug-likeness (QED) is 0.663. The molecule has 2 nitrogen and oxygen atoms in total. The zero-order valence-electron chi connectivity index (χ0n) is 7.90. The van der Waals surface area contributed by atoms with E-state index in [0.29, 0.717) is 0 Å². The first-order valence-corrected chi connectivity index (χ1v) is 11.7. The molecule has 0 radical (unpaired) electrons. The van der Waals surface area contributed by atoms with Crippen molar-refractivity contribution in [1.82, 2.24) is 0 Å². The summed E-state index contributed by atoms with van der Waals surface area (Å²) < 4.78 is 0. The molecular formula is C8H22GeN2. The van der Waals surface area contributed by atoms with Crippen LogP contribution in [0.2, 0.25) is 22.0 Å². The van der Waals surface area contributed by atoms with E-state index in [0.717, 1.165) is 13.1 Å². The van der Waals surface area contributed by atoms with Gasteiger partial charge < -0.3 is 0 Å². The van der Waals surface area contributed by atoms with Gasteiger partial charge in [-0.2, -0.15) is 0 Å². The van der Waals surface area contributed by atoms with E-state index >= 15 is 0 Å². The molecule has 0 rings (SSSR count). The number of hydrogen-bond donors (Lipinski definition) is 2. The van der Waals surface area contributed by atoms with Crippen molar-refractivity contribution in [1.29, 1.82) is 0 Å². The van der Waals surface area contributed by atoms with Crippen LogP contribution in [-0.2, 0) is 0 Å². The second-order valence-electron chi connectivity index (χ2n) is 3.95. The van der Waals surface area contributed by atoms with Crippen LogP contribution in [0.1, 0.15) is 12.8 Å². The number of nitrogens with two attached hydrogens (primary N) is 2. The van der Waals surface area contributed by atoms with Gasteiger partial charge in [0, 0.05) is 0 Å². The molecule has 0 aromatic heterocycles. The summed E-state index contributed by atoms with van der Waals surface area (Å²) in [6, 6.07) is 0. The van der Waals surface area contributed by atoms with Crippen molar-refractivity contribution in [2.45, 2.75) is 34.9 Å². The normalized spacial score (nSPS) is 12.0. The average Bonchev–Trinajstić information content (AvgIpc) is 1.97. The molecule has 3 heteroatoms. The van der Waals surface area contributed by atoms with Gasteiger partial charge in [-0.05, 0) is 0 Å². The summed E-state index contributed by atoms with van der Waals surface area (Å²) in [5.41, 5.74) is 10.9. The van der Waals surface area contributed by atoms with E-state index in [9.17, 15) is 0 Å². The van der Waals surface area contributed by atoms with Gasteiger partial charge in [-0.3, -0.25) is 0 Å². The molecule has 0 aliphatic rings. The van der Waals surface area contributed by atoms with Crippen LogP contribution < -0.4 is 11.5 Å². The molecular weight excluding hydrogens is 197 g/mol. The van der Waals surface area contributed by atoms with Gasteiger partial charge in [-0.1, -0.05) is 0 Å². The first-order chi connectivity index (χ1) is 5.12. The zero-order chi connectivity index (χ0) is 8.74. The van der Waals surface area contributed by atoms with Crippen molar-refractivity contribution in [3.05, 3.63) is 0 Å². The van der Waals surface area contributed by atoms with E-state index in [4.69, 9.17) is 11.5 Å². The summed E-state index contributed by atoms with van der Waals surface area (Å²) in [6.45, 7) is 1.72. The Bertz CT molecular complexity index is 84.1. The van der Waals surface area contributed by atoms with Crippen molar-refractivity contribution in [2.75, 3.05) is 13.1 Å². The van der Waals surface area contributed by atoms with E-state index in [1.54, 1.807) is 0 Å². The molecule has 0 amide bonds. The SMILES string of the molecule is [CH3][Ge]([CH3])([CH2]CCN)[CH2]CCN. The van der Waals surface area contributed by atoms with E-state index < -0.39 is 13.3 Å². The maximum atomic E-state index is 5.47. The molecule has 0 unspecified atom stereocenters. The van der Waals surface area contributed by atoms with E-state index in [-0.39, 0.29) is 0 Å². The summed E-state index contributed by atoms with van der Waals surface area (Å²) in [6.07, 6.45) is 2.44. The summed E-state index contributed by atoms with van der Waals surface area (Å²) in [7, 11) is 0. The molecule has 11 heavy (non-hydrogen) atoms. The minimum atomic E-state index is -1.38. The van der Waals surface area contributed by atoms with Crippen LogP contribution in [0.25, 0.3) is 0 Å². The van der Waals surface area contributed by atoms with Gasteiger partial charge in [0.15, 0.2) is 0 Å². The van der Waals surface area contributed by atoms with Crippen molar-refractivity contribution < 1.29 is 0 Å². The topological polar surface area (TPSA) is 52.0 Å². The number of hydrogen-bond acceptors (Lipinski definition) is 2. The van der Waals surface area contributed by atoms with Crippen LogP contribution in [0.5, 0.6) is 0 Å². The minimum absolute atomic E-state index is 0.858. The summed E-state index contributed by atoms with van der Waals surface area (Å²) in [5.74, 6) is 4.96. The number of rotatable bonds is 6. The average molecular weight is 219 g/mol. The molecule has 0 fully saturated rings. The van der Waals surface area contributed by atoms with Crippen LogP contribution in [0.4, 0.5) is 0 Å². The molecule has 0 saturated carbocycles. The Morgan fingerprint density at radius 1 is 0.909 bits per heavy atom. The Morgan fingerprint density at radius 2 is 1.27 bits per heavy atom. The summed E-state index contributed by atoms with van der Waals surface area (Å²) in [5, 5.41) is 2.83. The fraction of sp³-hybridized carbons (Fsp3) is 1.00. The molecule has 0 aromatic rings.